The van der Waals surface area contributed by atoms with E-state index < -0.39 is 0 Å². The smallest absolute Gasteiger partial charge is 0.191 e. The molecule has 7 nitrogen and oxygen atoms in total. The van der Waals surface area contributed by atoms with E-state index in [1.54, 1.807) is 18.4 Å². The summed E-state index contributed by atoms with van der Waals surface area (Å²) in [5.41, 5.74) is 7.35. The van der Waals surface area contributed by atoms with Crippen molar-refractivity contribution < 1.29 is 9.47 Å². The molecule has 0 amide bonds. The van der Waals surface area contributed by atoms with Crippen molar-refractivity contribution in [1.29, 1.82) is 0 Å². The van der Waals surface area contributed by atoms with Crippen molar-refractivity contribution >= 4 is 22.4 Å². The fraction of sp³-hybridized carbons (Fsp3) is 0.524. The van der Waals surface area contributed by atoms with E-state index in [2.05, 4.69) is 19.8 Å². The Bertz CT molecular complexity index is 812. The SMILES string of the molecule is COc1ccc(CN=C(N)N2CCN(c3nccs3)CC2)c(OC2CCCC2)c1. The van der Waals surface area contributed by atoms with E-state index in [-0.39, 0.29) is 0 Å². The minimum absolute atomic E-state index is 0.293. The van der Waals surface area contributed by atoms with Crippen LogP contribution >= 0.6 is 11.3 Å². The lowest BCUT2D eigenvalue weighted by atomic mass is 10.2. The molecule has 1 aromatic carbocycles. The fourth-order valence-corrected chi connectivity index (χ4v) is 4.55. The van der Waals surface area contributed by atoms with Crippen molar-refractivity contribution in [2.45, 2.75) is 38.3 Å². The van der Waals surface area contributed by atoms with Crippen molar-refractivity contribution in [2.75, 3.05) is 38.2 Å². The summed E-state index contributed by atoms with van der Waals surface area (Å²) in [6.45, 7) is 4.01. The van der Waals surface area contributed by atoms with E-state index in [1.165, 1.54) is 12.8 Å². The van der Waals surface area contributed by atoms with Crippen molar-refractivity contribution in [3.63, 3.8) is 0 Å². The normalized spacial score (nSPS) is 18.3. The molecule has 2 aliphatic rings. The van der Waals surface area contributed by atoms with Gasteiger partial charge in [-0.05, 0) is 37.8 Å². The topological polar surface area (TPSA) is 76.2 Å². The molecule has 2 aromatic rings. The van der Waals surface area contributed by atoms with Crippen molar-refractivity contribution in [3.8, 4) is 11.5 Å². The zero-order valence-electron chi connectivity index (χ0n) is 16.9. The van der Waals surface area contributed by atoms with Crippen LogP contribution in [-0.4, -0.2) is 55.2 Å². The molecule has 0 spiro atoms. The molecule has 0 radical (unpaired) electrons. The molecule has 1 aliphatic heterocycles. The number of piperazine rings is 1. The number of rotatable bonds is 6. The van der Waals surface area contributed by atoms with Gasteiger partial charge in [0, 0.05) is 49.4 Å². The first-order valence-corrected chi connectivity index (χ1v) is 11.1. The Morgan fingerprint density at radius 1 is 1.24 bits per heavy atom. The second kappa shape index (κ2) is 9.35. The molecule has 2 N–H and O–H groups in total. The molecule has 2 fully saturated rings. The van der Waals surface area contributed by atoms with Crippen LogP contribution in [-0.2, 0) is 6.54 Å². The van der Waals surface area contributed by atoms with Crippen LogP contribution in [0.25, 0.3) is 0 Å². The third-order valence-corrected chi connectivity index (χ3v) is 6.41. The van der Waals surface area contributed by atoms with Crippen molar-refractivity contribution in [1.82, 2.24) is 9.88 Å². The Labute approximate surface area is 176 Å². The van der Waals surface area contributed by atoms with Crippen LogP contribution in [0.2, 0.25) is 0 Å². The highest BCUT2D eigenvalue weighted by molar-refractivity contribution is 7.13. The van der Waals surface area contributed by atoms with Gasteiger partial charge in [-0.15, -0.1) is 11.3 Å². The molecule has 1 aromatic heterocycles. The van der Waals surface area contributed by atoms with Gasteiger partial charge in [0.2, 0.25) is 0 Å². The van der Waals surface area contributed by atoms with E-state index >= 15 is 0 Å². The zero-order valence-corrected chi connectivity index (χ0v) is 17.7. The van der Waals surface area contributed by atoms with Gasteiger partial charge < -0.3 is 25.0 Å². The molecule has 0 unspecified atom stereocenters. The van der Waals surface area contributed by atoms with Crippen molar-refractivity contribution in [3.05, 3.63) is 35.3 Å². The molecule has 2 heterocycles. The van der Waals surface area contributed by atoms with Gasteiger partial charge in [0.1, 0.15) is 11.5 Å². The van der Waals surface area contributed by atoms with Crippen LogP contribution in [0.1, 0.15) is 31.2 Å². The number of anilines is 1. The molecule has 1 saturated carbocycles. The highest BCUT2D eigenvalue weighted by Crippen LogP contribution is 2.30. The van der Waals surface area contributed by atoms with E-state index in [9.17, 15) is 0 Å². The minimum Gasteiger partial charge on any atom is -0.497 e. The summed E-state index contributed by atoms with van der Waals surface area (Å²) in [6, 6.07) is 5.95. The molecular formula is C21H29N5O2S. The number of hydrogen-bond acceptors (Lipinski definition) is 6. The Kier molecular flexibility index (Phi) is 6.39. The van der Waals surface area contributed by atoms with Crippen molar-refractivity contribution in [2.24, 2.45) is 10.7 Å². The van der Waals surface area contributed by atoms with Gasteiger partial charge in [-0.2, -0.15) is 0 Å². The number of hydrogen-bond donors (Lipinski definition) is 1. The molecule has 156 valence electrons. The molecule has 4 rings (SSSR count). The maximum Gasteiger partial charge on any atom is 0.191 e. The summed E-state index contributed by atoms with van der Waals surface area (Å²) in [6.07, 6.45) is 6.85. The largest absolute Gasteiger partial charge is 0.497 e. The quantitative estimate of drug-likeness (QED) is 0.577. The number of guanidine groups is 1. The summed E-state index contributed by atoms with van der Waals surface area (Å²) in [5, 5.41) is 3.09. The van der Waals surface area contributed by atoms with E-state index in [0.29, 0.717) is 18.6 Å². The minimum atomic E-state index is 0.293. The molecular weight excluding hydrogens is 386 g/mol. The van der Waals surface area contributed by atoms with Gasteiger partial charge in [-0.25, -0.2) is 9.98 Å². The van der Waals surface area contributed by atoms with Gasteiger partial charge in [0.25, 0.3) is 0 Å². The highest BCUT2D eigenvalue weighted by Gasteiger charge is 2.21. The lowest BCUT2D eigenvalue weighted by Crippen LogP contribution is -2.51. The van der Waals surface area contributed by atoms with Crippen LogP contribution < -0.4 is 20.1 Å². The van der Waals surface area contributed by atoms with Crippen LogP contribution in [0.5, 0.6) is 11.5 Å². The molecule has 0 bridgehead atoms. The van der Waals surface area contributed by atoms with Gasteiger partial charge in [0.05, 0.1) is 19.8 Å². The predicted molar refractivity (Wildman–Crippen MR) is 117 cm³/mol. The monoisotopic (exact) mass is 415 g/mol. The molecule has 8 heteroatoms. The molecule has 29 heavy (non-hydrogen) atoms. The summed E-state index contributed by atoms with van der Waals surface area (Å²) in [4.78, 5) is 13.5. The van der Waals surface area contributed by atoms with Crippen LogP contribution in [0.3, 0.4) is 0 Å². The van der Waals surface area contributed by atoms with Gasteiger partial charge in [-0.3, -0.25) is 0 Å². The summed E-state index contributed by atoms with van der Waals surface area (Å²) in [7, 11) is 1.68. The fourth-order valence-electron chi connectivity index (χ4n) is 3.85. The molecule has 1 saturated heterocycles. The van der Waals surface area contributed by atoms with Gasteiger partial charge >= 0.3 is 0 Å². The Hall–Kier alpha value is -2.48. The maximum atomic E-state index is 6.31. The maximum absolute atomic E-state index is 6.31. The first-order valence-electron chi connectivity index (χ1n) is 10.3. The second-order valence-electron chi connectivity index (χ2n) is 7.46. The third kappa shape index (κ3) is 4.93. The first kappa shape index (κ1) is 19.8. The molecule has 0 atom stereocenters. The van der Waals surface area contributed by atoms with Crippen LogP contribution in [0.4, 0.5) is 5.13 Å². The first-order chi connectivity index (χ1) is 14.2. The molecule has 1 aliphatic carbocycles. The van der Waals surface area contributed by atoms with Crippen LogP contribution in [0.15, 0.2) is 34.8 Å². The number of thiazole rings is 1. The third-order valence-electron chi connectivity index (χ3n) is 5.58. The number of aromatic nitrogens is 1. The average molecular weight is 416 g/mol. The van der Waals surface area contributed by atoms with E-state index in [4.69, 9.17) is 15.2 Å². The summed E-state index contributed by atoms with van der Waals surface area (Å²) < 4.78 is 11.6. The number of ether oxygens (including phenoxy) is 2. The second-order valence-corrected chi connectivity index (χ2v) is 8.33. The highest BCUT2D eigenvalue weighted by atomic mass is 32.1. The Morgan fingerprint density at radius 2 is 2.03 bits per heavy atom. The number of benzene rings is 1. The summed E-state index contributed by atoms with van der Waals surface area (Å²) >= 11 is 1.67. The number of nitrogens with two attached hydrogens (primary N) is 1. The van der Waals surface area contributed by atoms with Crippen LogP contribution in [0, 0.1) is 0 Å². The number of methoxy groups -OCH3 is 1. The lowest BCUT2D eigenvalue weighted by Gasteiger charge is -2.35. The summed E-state index contributed by atoms with van der Waals surface area (Å²) in [5.74, 6) is 2.25. The predicted octanol–water partition coefficient (Wildman–Crippen LogP) is 3.11. The Balaban J connectivity index is 1.38. The van der Waals surface area contributed by atoms with E-state index in [0.717, 1.165) is 61.2 Å². The number of aliphatic imine (C=N–C) groups is 1. The average Bonchev–Trinajstić information content (AvgIpc) is 3.47. The van der Waals surface area contributed by atoms with Gasteiger partial charge in [-0.1, -0.05) is 0 Å². The lowest BCUT2D eigenvalue weighted by molar-refractivity contribution is 0.207. The van der Waals surface area contributed by atoms with Gasteiger partial charge in [0.15, 0.2) is 11.1 Å². The standard InChI is InChI=1S/C21H29N5O2S/c1-27-18-7-6-16(19(14-18)28-17-4-2-3-5-17)15-24-20(22)25-9-11-26(12-10-25)21-23-8-13-29-21/h6-8,13-14,17H,2-5,9-12,15H2,1H3,(H2,22,24). The number of nitrogens with zero attached hydrogens (tertiary/aromatic N) is 4. The Morgan fingerprint density at radius 3 is 2.72 bits per heavy atom. The van der Waals surface area contributed by atoms with E-state index in [1.807, 2.05) is 29.8 Å². The zero-order chi connectivity index (χ0) is 20.1.